The van der Waals surface area contributed by atoms with Crippen LogP contribution in [0.3, 0.4) is 0 Å². The molecule has 0 saturated carbocycles. The number of pyridine rings is 2. The maximum atomic E-state index is 5.79. The number of hydrogen-bond acceptors (Lipinski definition) is 2. The molecule has 0 atom stereocenters. The molecule has 0 bridgehead atoms. The highest BCUT2D eigenvalue weighted by Crippen LogP contribution is 2.27. The van der Waals surface area contributed by atoms with Crippen molar-refractivity contribution in [2.45, 2.75) is 19.9 Å². The topological polar surface area (TPSA) is 17.8 Å². The Morgan fingerprint density at radius 1 is 0.958 bits per heavy atom. The van der Waals surface area contributed by atoms with Crippen LogP contribution in [-0.4, -0.2) is 9.55 Å². The Morgan fingerprint density at radius 3 is 2.62 bits per heavy atom. The summed E-state index contributed by atoms with van der Waals surface area (Å²) >= 11 is 5.79. The molecule has 0 saturated heterocycles. The summed E-state index contributed by atoms with van der Waals surface area (Å²) in [6, 6.07) is 20.7. The van der Waals surface area contributed by atoms with Crippen molar-refractivity contribution in [1.82, 2.24) is 9.55 Å². The van der Waals surface area contributed by atoms with E-state index in [1.807, 2.05) is 24.3 Å². The predicted octanol–water partition coefficient (Wildman–Crippen LogP) is 6.00. The highest BCUT2D eigenvalue weighted by Gasteiger charge is 2.09. The Labute approximate surface area is 146 Å². The van der Waals surface area contributed by atoms with Gasteiger partial charge in [-0.2, -0.15) is 0 Å². The van der Waals surface area contributed by atoms with Crippen molar-refractivity contribution in [3.8, 4) is 11.3 Å². The molecular formula is C21H18N2S. The van der Waals surface area contributed by atoms with Crippen molar-refractivity contribution in [3.05, 3.63) is 71.4 Å². The molecule has 0 N–H and O–H groups in total. The number of para-hydroxylation sites is 2. The minimum Gasteiger partial charge on any atom is -0.347 e. The molecule has 2 heterocycles. The molecule has 0 unspecified atom stereocenters. The Hall–Kier alpha value is -2.52. The fourth-order valence-corrected chi connectivity index (χ4v) is 3.50. The quantitative estimate of drug-likeness (QED) is 0.429. The first-order valence-corrected chi connectivity index (χ1v) is 8.67. The van der Waals surface area contributed by atoms with E-state index in [9.17, 15) is 0 Å². The van der Waals surface area contributed by atoms with E-state index in [-0.39, 0.29) is 0 Å². The summed E-state index contributed by atoms with van der Waals surface area (Å²) in [6.07, 6.45) is 3.24. The molecule has 0 aliphatic rings. The molecular weight excluding hydrogens is 312 g/mol. The molecule has 0 radical (unpaired) electrons. The number of nitrogens with zero attached hydrogens (tertiary/aromatic N) is 2. The first-order valence-electron chi connectivity index (χ1n) is 8.26. The highest BCUT2D eigenvalue weighted by atomic mass is 32.1. The van der Waals surface area contributed by atoms with Gasteiger partial charge >= 0.3 is 0 Å². The molecule has 118 valence electrons. The van der Waals surface area contributed by atoms with E-state index in [0.717, 1.165) is 45.0 Å². The van der Waals surface area contributed by atoms with Crippen molar-refractivity contribution in [3.63, 3.8) is 0 Å². The second-order valence-corrected chi connectivity index (χ2v) is 6.38. The van der Waals surface area contributed by atoms with E-state index >= 15 is 0 Å². The van der Waals surface area contributed by atoms with Gasteiger partial charge in [0.25, 0.3) is 0 Å². The minimum atomic E-state index is 0.876. The van der Waals surface area contributed by atoms with Gasteiger partial charge in [0.1, 0.15) is 0 Å². The molecule has 0 amide bonds. The number of benzene rings is 2. The first-order chi connectivity index (χ1) is 11.8. The van der Waals surface area contributed by atoms with Crippen LogP contribution in [0.4, 0.5) is 0 Å². The number of aryl methyl sites for hydroxylation is 1. The van der Waals surface area contributed by atoms with Gasteiger partial charge in [0.2, 0.25) is 0 Å². The van der Waals surface area contributed by atoms with Crippen LogP contribution in [0.5, 0.6) is 0 Å². The Balaban J connectivity index is 2.01. The fourth-order valence-electron chi connectivity index (χ4n) is 3.17. The van der Waals surface area contributed by atoms with Crippen molar-refractivity contribution in [2.75, 3.05) is 0 Å². The predicted molar refractivity (Wildman–Crippen MR) is 104 cm³/mol. The Kier molecular flexibility index (Phi) is 3.87. The largest absolute Gasteiger partial charge is 0.347 e. The molecule has 24 heavy (non-hydrogen) atoms. The van der Waals surface area contributed by atoms with Gasteiger partial charge in [-0.25, -0.2) is 4.98 Å². The van der Waals surface area contributed by atoms with Gasteiger partial charge in [0, 0.05) is 34.6 Å². The maximum absolute atomic E-state index is 5.79. The standard InChI is InChI=1S/C21H18N2S/c1-2-13-23-14-17(21(24)16-8-4-6-10-20(16)23)19-12-11-15-7-3-5-9-18(15)22-19/h3-12,14H,2,13H2,1H3. The number of aromatic nitrogens is 2. The zero-order chi connectivity index (χ0) is 16.5. The van der Waals surface area contributed by atoms with E-state index in [4.69, 9.17) is 17.2 Å². The third-order valence-electron chi connectivity index (χ3n) is 4.33. The summed E-state index contributed by atoms with van der Waals surface area (Å²) in [6.45, 7) is 3.16. The van der Waals surface area contributed by atoms with Crippen LogP contribution in [0.15, 0.2) is 66.9 Å². The van der Waals surface area contributed by atoms with Gasteiger partial charge in [-0.15, -0.1) is 0 Å². The van der Waals surface area contributed by atoms with Gasteiger partial charge in [-0.05, 0) is 24.6 Å². The fraction of sp³-hybridized carbons (Fsp3) is 0.143. The summed E-state index contributed by atoms with van der Waals surface area (Å²) in [4.78, 5) is 4.83. The molecule has 0 aliphatic heterocycles. The molecule has 0 aliphatic carbocycles. The first kappa shape index (κ1) is 15.0. The summed E-state index contributed by atoms with van der Waals surface area (Å²) in [7, 11) is 0. The number of fused-ring (bicyclic) bond motifs is 2. The van der Waals surface area contributed by atoms with Crippen molar-refractivity contribution in [1.29, 1.82) is 0 Å². The maximum Gasteiger partial charge on any atom is 0.0739 e. The molecule has 2 aromatic heterocycles. The smallest absolute Gasteiger partial charge is 0.0739 e. The summed E-state index contributed by atoms with van der Waals surface area (Å²) in [5.41, 5.74) is 4.16. The van der Waals surface area contributed by atoms with Crippen LogP contribution in [0.25, 0.3) is 33.1 Å². The van der Waals surface area contributed by atoms with E-state index < -0.39 is 0 Å². The zero-order valence-electron chi connectivity index (χ0n) is 13.6. The zero-order valence-corrected chi connectivity index (χ0v) is 14.4. The molecule has 0 spiro atoms. The van der Waals surface area contributed by atoms with E-state index in [1.165, 1.54) is 5.52 Å². The van der Waals surface area contributed by atoms with Crippen LogP contribution in [0.2, 0.25) is 0 Å². The van der Waals surface area contributed by atoms with Crippen molar-refractivity contribution < 1.29 is 0 Å². The van der Waals surface area contributed by atoms with Gasteiger partial charge < -0.3 is 4.57 Å². The lowest BCUT2D eigenvalue weighted by atomic mass is 10.1. The molecule has 2 aromatic carbocycles. The van der Waals surface area contributed by atoms with E-state index in [1.54, 1.807) is 0 Å². The number of hydrogen-bond donors (Lipinski definition) is 0. The van der Waals surface area contributed by atoms with Crippen molar-refractivity contribution >= 4 is 34.0 Å². The van der Waals surface area contributed by atoms with E-state index in [0.29, 0.717) is 0 Å². The van der Waals surface area contributed by atoms with E-state index in [2.05, 4.69) is 54.1 Å². The lowest BCUT2D eigenvalue weighted by molar-refractivity contribution is 0.698. The van der Waals surface area contributed by atoms with Crippen LogP contribution in [-0.2, 0) is 6.54 Å². The molecule has 4 aromatic rings. The molecule has 0 fully saturated rings. The van der Waals surface area contributed by atoms with Gasteiger partial charge in [-0.1, -0.05) is 61.6 Å². The third-order valence-corrected chi connectivity index (χ3v) is 4.77. The monoisotopic (exact) mass is 330 g/mol. The van der Waals surface area contributed by atoms with Crippen LogP contribution < -0.4 is 0 Å². The van der Waals surface area contributed by atoms with Crippen LogP contribution in [0, 0.1) is 4.51 Å². The second kappa shape index (κ2) is 6.17. The highest BCUT2D eigenvalue weighted by molar-refractivity contribution is 7.71. The summed E-state index contributed by atoms with van der Waals surface area (Å²) < 4.78 is 3.16. The average Bonchev–Trinajstić information content (AvgIpc) is 2.64. The number of rotatable bonds is 3. The molecule has 3 heteroatoms. The minimum absolute atomic E-state index is 0.876. The van der Waals surface area contributed by atoms with Gasteiger partial charge in [0.15, 0.2) is 0 Å². The Bertz CT molecular complexity index is 1100. The SMILES string of the molecule is CCCn1cc(-c2ccc3ccccc3n2)c(=S)c2ccccc21. The van der Waals surface area contributed by atoms with Crippen molar-refractivity contribution in [2.24, 2.45) is 0 Å². The summed E-state index contributed by atoms with van der Waals surface area (Å²) in [5, 5.41) is 2.27. The summed E-state index contributed by atoms with van der Waals surface area (Å²) in [5.74, 6) is 0. The van der Waals surface area contributed by atoms with Crippen LogP contribution >= 0.6 is 12.2 Å². The Morgan fingerprint density at radius 2 is 1.75 bits per heavy atom. The lowest BCUT2D eigenvalue weighted by Gasteiger charge is -2.14. The second-order valence-electron chi connectivity index (χ2n) is 5.97. The lowest BCUT2D eigenvalue weighted by Crippen LogP contribution is -2.01. The third kappa shape index (κ3) is 2.51. The van der Waals surface area contributed by atoms with Crippen LogP contribution in [0.1, 0.15) is 13.3 Å². The molecule has 2 nitrogen and oxygen atoms in total. The normalized spacial score (nSPS) is 11.2. The molecule has 4 rings (SSSR count). The van der Waals surface area contributed by atoms with Gasteiger partial charge in [-0.3, -0.25) is 0 Å². The average molecular weight is 330 g/mol. The van der Waals surface area contributed by atoms with Gasteiger partial charge in [0.05, 0.1) is 15.7 Å².